The van der Waals surface area contributed by atoms with Crippen LogP contribution in [0.4, 0.5) is 5.82 Å². The van der Waals surface area contributed by atoms with E-state index in [0.29, 0.717) is 5.82 Å². The number of aryl methyl sites for hydroxylation is 1. The summed E-state index contributed by atoms with van der Waals surface area (Å²) in [5, 5.41) is 11.3. The van der Waals surface area contributed by atoms with Gasteiger partial charge in [-0.15, -0.1) is 0 Å². The van der Waals surface area contributed by atoms with Gasteiger partial charge in [-0.2, -0.15) is 10.2 Å². The van der Waals surface area contributed by atoms with Crippen LogP contribution in [0.5, 0.6) is 0 Å². The summed E-state index contributed by atoms with van der Waals surface area (Å²) in [7, 11) is 1.88. The molecule has 0 amide bonds. The summed E-state index contributed by atoms with van der Waals surface area (Å²) in [5.41, 5.74) is 9.74. The first-order valence-corrected chi connectivity index (χ1v) is 6.53. The molecule has 0 saturated heterocycles. The van der Waals surface area contributed by atoms with Crippen LogP contribution in [-0.4, -0.2) is 20.0 Å². The van der Waals surface area contributed by atoms with Crippen LogP contribution in [0.15, 0.2) is 41.1 Å². The molecule has 0 bridgehead atoms. The fourth-order valence-corrected chi connectivity index (χ4v) is 2.29. The average Bonchev–Trinajstić information content (AvgIpc) is 2.97. The third-order valence-corrected chi connectivity index (χ3v) is 3.45. The van der Waals surface area contributed by atoms with Gasteiger partial charge in [-0.25, -0.2) is 0 Å². The maximum absolute atomic E-state index is 5.97. The summed E-state index contributed by atoms with van der Waals surface area (Å²) in [4.78, 5) is 0. The molecule has 3 aromatic rings. The molecule has 0 spiro atoms. The summed E-state index contributed by atoms with van der Waals surface area (Å²) in [6, 6.07) is 7.97. The molecule has 0 aliphatic carbocycles. The van der Waals surface area contributed by atoms with E-state index in [2.05, 4.69) is 31.2 Å². The number of nitrogen functional groups attached to an aromatic ring is 1. The smallest absolute Gasteiger partial charge is 0.153 e. The maximum atomic E-state index is 5.97. The van der Waals surface area contributed by atoms with Crippen LogP contribution in [0.25, 0.3) is 22.4 Å². The van der Waals surface area contributed by atoms with Gasteiger partial charge in [-0.05, 0) is 17.7 Å². The molecule has 0 unspecified atom stereocenters. The molecule has 1 aromatic carbocycles. The van der Waals surface area contributed by atoms with Crippen molar-refractivity contribution in [2.75, 3.05) is 5.73 Å². The summed E-state index contributed by atoms with van der Waals surface area (Å²) >= 11 is 3.43. The van der Waals surface area contributed by atoms with Gasteiger partial charge in [0.25, 0.3) is 0 Å². The minimum absolute atomic E-state index is 0.487. The Kier molecular flexibility index (Phi) is 2.87. The van der Waals surface area contributed by atoms with Gasteiger partial charge >= 0.3 is 0 Å². The van der Waals surface area contributed by atoms with Crippen LogP contribution in [-0.2, 0) is 7.05 Å². The molecule has 2 heterocycles. The first-order chi connectivity index (χ1) is 9.15. The van der Waals surface area contributed by atoms with Crippen molar-refractivity contribution in [1.29, 1.82) is 0 Å². The van der Waals surface area contributed by atoms with Crippen LogP contribution in [0.1, 0.15) is 0 Å². The second kappa shape index (κ2) is 4.55. The molecule has 6 heteroatoms. The monoisotopic (exact) mass is 317 g/mol. The number of benzene rings is 1. The second-order valence-electron chi connectivity index (χ2n) is 4.27. The largest absolute Gasteiger partial charge is 0.382 e. The van der Waals surface area contributed by atoms with E-state index in [0.717, 1.165) is 26.9 Å². The number of hydrogen-bond acceptors (Lipinski definition) is 3. The zero-order chi connectivity index (χ0) is 13.4. The molecule has 5 nitrogen and oxygen atoms in total. The quantitative estimate of drug-likeness (QED) is 0.763. The normalized spacial score (nSPS) is 10.8. The van der Waals surface area contributed by atoms with Gasteiger partial charge in [0.05, 0.1) is 17.5 Å². The highest BCUT2D eigenvalue weighted by Gasteiger charge is 2.15. The van der Waals surface area contributed by atoms with Crippen LogP contribution in [0.2, 0.25) is 0 Å². The topological polar surface area (TPSA) is 72.5 Å². The van der Waals surface area contributed by atoms with Crippen molar-refractivity contribution in [3.05, 3.63) is 41.1 Å². The van der Waals surface area contributed by atoms with Crippen molar-refractivity contribution in [3.8, 4) is 22.4 Å². The van der Waals surface area contributed by atoms with Crippen LogP contribution >= 0.6 is 15.9 Å². The first kappa shape index (κ1) is 12.0. The maximum Gasteiger partial charge on any atom is 0.153 e. The number of nitrogens with one attached hydrogen (secondary N) is 1. The molecule has 96 valence electrons. The number of nitrogens with zero attached hydrogens (tertiary/aromatic N) is 3. The van der Waals surface area contributed by atoms with E-state index >= 15 is 0 Å². The number of aromatic amines is 1. The molecule has 3 rings (SSSR count). The van der Waals surface area contributed by atoms with Crippen LogP contribution in [0, 0.1) is 0 Å². The Balaban J connectivity index is 2.16. The van der Waals surface area contributed by atoms with Crippen LogP contribution < -0.4 is 5.73 Å². The highest BCUT2D eigenvalue weighted by molar-refractivity contribution is 9.10. The number of hydrogen-bond donors (Lipinski definition) is 2. The minimum Gasteiger partial charge on any atom is -0.382 e. The summed E-state index contributed by atoms with van der Waals surface area (Å²) in [5.74, 6) is 0.487. The Morgan fingerprint density at radius 2 is 1.95 bits per heavy atom. The zero-order valence-electron chi connectivity index (χ0n) is 10.3. The second-order valence-corrected chi connectivity index (χ2v) is 5.18. The van der Waals surface area contributed by atoms with E-state index in [1.807, 2.05) is 37.5 Å². The molecule has 2 aromatic heterocycles. The van der Waals surface area contributed by atoms with Crippen molar-refractivity contribution in [2.24, 2.45) is 7.05 Å². The van der Waals surface area contributed by atoms with Crippen molar-refractivity contribution in [3.63, 3.8) is 0 Å². The standard InChI is InChI=1S/C13H12BrN5/c1-19-7-9(6-16-19)12-11(13(15)18-17-12)8-2-4-10(14)5-3-8/h2-7H,1H3,(H3,15,17,18). The van der Waals surface area contributed by atoms with Gasteiger partial charge in [0.15, 0.2) is 5.82 Å². The number of H-pyrrole nitrogens is 1. The third kappa shape index (κ3) is 2.15. The lowest BCUT2D eigenvalue weighted by atomic mass is 10.0. The Morgan fingerprint density at radius 3 is 2.58 bits per heavy atom. The Hall–Kier alpha value is -2.08. The molecule has 0 fully saturated rings. The number of rotatable bonds is 2. The van der Waals surface area contributed by atoms with Crippen molar-refractivity contribution < 1.29 is 0 Å². The van der Waals surface area contributed by atoms with E-state index in [4.69, 9.17) is 5.73 Å². The number of nitrogens with two attached hydrogens (primary N) is 1. The van der Waals surface area contributed by atoms with Gasteiger partial charge in [0.2, 0.25) is 0 Å². The number of anilines is 1. The van der Waals surface area contributed by atoms with Gasteiger partial charge in [0, 0.05) is 23.3 Å². The predicted octanol–water partition coefficient (Wildman–Crippen LogP) is 2.82. The SMILES string of the molecule is Cn1cc(-c2[nH]nc(N)c2-c2ccc(Br)cc2)cn1. The van der Waals surface area contributed by atoms with E-state index in [1.165, 1.54) is 0 Å². The molecule has 19 heavy (non-hydrogen) atoms. The number of halogens is 1. The Morgan fingerprint density at radius 1 is 1.21 bits per heavy atom. The zero-order valence-corrected chi connectivity index (χ0v) is 11.8. The van der Waals surface area contributed by atoms with Gasteiger partial charge in [0.1, 0.15) is 0 Å². The van der Waals surface area contributed by atoms with Crippen molar-refractivity contribution in [2.45, 2.75) is 0 Å². The minimum atomic E-state index is 0.487. The highest BCUT2D eigenvalue weighted by atomic mass is 79.9. The third-order valence-electron chi connectivity index (χ3n) is 2.92. The van der Waals surface area contributed by atoms with Gasteiger partial charge in [-0.3, -0.25) is 9.78 Å². The summed E-state index contributed by atoms with van der Waals surface area (Å²) in [6.07, 6.45) is 3.71. The Labute approximate surface area is 118 Å². The first-order valence-electron chi connectivity index (χ1n) is 5.74. The molecule has 0 atom stereocenters. The molecule has 0 radical (unpaired) electrons. The molecular formula is C13H12BrN5. The highest BCUT2D eigenvalue weighted by Crippen LogP contribution is 2.34. The van der Waals surface area contributed by atoms with Crippen molar-refractivity contribution in [1.82, 2.24) is 20.0 Å². The molecular weight excluding hydrogens is 306 g/mol. The fraction of sp³-hybridized carbons (Fsp3) is 0.0769. The molecule has 0 saturated carbocycles. The molecule has 3 N–H and O–H groups in total. The summed E-state index contributed by atoms with van der Waals surface area (Å²) in [6.45, 7) is 0. The fourth-order valence-electron chi connectivity index (χ4n) is 2.02. The van der Waals surface area contributed by atoms with E-state index < -0.39 is 0 Å². The lowest BCUT2D eigenvalue weighted by Gasteiger charge is -2.03. The Bertz CT molecular complexity index is 711. The van der Waals surface area contributed by atoms with Crippen molar-refractivity contribution >= 4 is 21.7 Å². The molecule has 0 aliphatic rings. The van der Waals surface area contributed by atoms with E-state index in [1.54, 1.807) is 10.9 Å². The van der Waals surface area contributed by atoms with E-state index in [-0.39, 0.29) is 0 Å². The predicted molar refractivity (Wildman–Crippen MR) is 78.3 cm³/mol. The lowest BCUT2D eigenvalue weighted by Crippen LogP contribution is -1.88. The molecule has 0 aliphatic heterocycles. The summed E-state index contributed by atoms with van der Waals surface area (Å²) < 4.78 is 2.78. The lowest BCUT2D eigenvalue weighted by molar-refractivity contribution is 0.768. The average molecular weight is 318 g/mol. The van der Waals surface area contributed by atoms with E-state index in [9.17, 15) is 0 Å². The van der Waals surface area contributed by atoms with Gasteiger partial charge < -0.3 is 5.73 Å². The number of aromatic nitrogens is 4. The van der Waals surface area contributed by atoms with Gasteiger partial charge in [-0.1, -0.05) is 28.1 Å². The van der Waals surface area contributed by atoms with Crippen LogP contribution in [0.3, 0.4) is 0 Å².